The van der Waals surface area contributed by atoms with Crippen LogP contribution in [-0.2, 0) is 11.3 Å². The van der Waals surface area contributed by atoms with Crippen molar-refractivity contribution in [3.8, 4) is 5.75 Å². The van der Waals surface area contributed by atoms with Crippen LogP contribution in [0, 0.1) is 5.92 Å². The monoisotopic (exact) mass is 249 g/mol. The molecule has 0 heterocycles. The molecule has 0 aliphatic rings. The molecule has 0 fully saturated rings. The van der Waals surface area contributed by atoms with Crippen LogP contribution in [0.15, 0.2) is 24.3 Å². The second kappa shape index (κ2) is 7.04. The Hall–Kier alpha value is -1.51. The molecule has 0 spiro atoms. The third-order valence-corrected chi connectivity index (χ3v) is 3.26. The van der Waals surface area contributed by atoms with Gasteiger partial charge in [0.15, 0.2) is 0 Å². The Bertz CT molecular complexity index is 373. The zero-order valence-corrected chi connectivity index (χ0v) is 11.8. The van der Waals surface area contributed by atoms with Crippen LogP contribution in [0.2, 0.25) is 0 Å². The fourth-order valence-corrected chi connectivity index (χ4v) is 1.78. The maximum absolute atomic E-state index is 12.1. The predicted molar refractivity (Wildman–Crippen MR) is 73.5 cm³/mol. The lowest BCUT2D eigenvalue weighted by molar-refractivity contribution is -0.135. The van der Waals surface area contributed by atoms with Crippen molar-refractivity contribution in [1.29, 1.82) is 0 Å². The normalized spacial score (nSPS) is 12.0. The van der Waals surface area contributed by atoms with Crippen LogP contribution in [0.1, 0.15) is 32.8 Å². The fraction of sp³-hybridized carbons (Fsp3) is 0.533. The van der Waals surface area contributed by atoms with Gasteiger partial charge in [0, 0.05) is 19.0 Å². The minimum atomic E-state index is 0.100. The van der Waals surface area contributed by atoms with E-state index >= 15 is 0 Å². The number of methoxy groups -OCH3 is 1. The van der Waals surface area contributed by atoms with Crippen LogP contribution in [0.5, 0.6) is 5.75 Å². The number of benzene rings is 1. The van der Waals surface area contributed by atoms with E-state index in [1.54, 1.807) is 7.11 Å². The van der Waals surface area contributed by atoms with E-state index in [1.807, 2.05) is 49.9 Å². The van der Waals surface area contributed by atoms with Gasteiger partial charge in [0.05, 0.1) is 7.11 Å². The van der Waals surface area contributed by atoms with Gasteiger partial charge >= 0.3 is 0 Å². The second-order valence-corrected chi connectivity index (χ2v) is 4.51. The Morgan fingerprint density at radius 1 is 1.28 bits per heavy atom. The highest BCUT2D eigenvalue weighted by molar-refractivity contribution is 5.78. The SMILES string of the molecule is CCC(C)C(=O)N(CC)Cc1ccc(OC)cc1. The van der Waals surface area contributed by atoms with Crippen molar-refractivity contribution in [3.63, 3.8) is 0 Å². The van der Waals surface area contributed by atoms with Crippen molar-refractivity contribution in [2.24, 2.45) is 5.92 Å². The van der Waals surface area contributed by atoms with Gasteiger partial charge in [-0.2, -0.15) is 0 Å². The average Bonchev–Trinajstić information content (AvgIpc) is 2.43. The molecule has 3 heteroatoms. The van der Waals surface area contributed by atoms with Crippen LogP contribution in [-0.4, -0.2) is 24.5 Å². The summed E-state index contributed by atoms with van der Waals surface area (Å²) in [6.45, 7) is 7.46. The van der Waals surface area contributed by atoms with Crippen molar-refractivity contribution in [2.75, 3.05) is 13.7 Å². The molecule has 1 aromatic rings. The van der Waals surface area contributed by atoms with Gasteiger partial charge in [0.2, 0.25) is 5.91 Å². The maximum atomic E-state index is 12.1. The van der Waals surface area contributed by atoms with E-state index in [1.165, 1.54) is 0 Å². The molecule has 1 atom stereocenters. The van der Waals surface area contributed by atoms with Gasteiger partial charge in [-0.05, 0) is 31.0 Å². The topological polar surface area (TPSA) is 29.5 Å². The fourth-order valence-electron chi connectivity index (χ4n) is 1.78. The number of rotatable bonds is 6. The molecule has 0 bridgehead atoms. The molecule has 0 aromatic heterocycles. The molecule has 0 N–H and O–H groups in total. The van der Waals surface area contributed by atoms with Crippen molar-refractivity contribution >= 4 is 5.91 Å². The lowest BCUT2D eigenvalue weighted by atomic mass is 10.1. The summed E-state index contributed by atoms with van der Waals surface area (Å²) < 4.78 is 5.12. The minimum Gasteiger partial charge on any atom is -0.497 e. The summed E-state index contributed by atoms with van der Waals surface area (Å²) in [5.41, 5.74) is 1.13. The molecule has 100 valence electrons. The zero-order valence-electron chi connectivity index (χ0n) is 11.8. The summed E-state index contributed by atoms with van der Waals surface area (Å²) >= 11 is 0. The highest BCUT2D eigenvalue weighted by atomic mass is 16.5. The van der Waals surface area contributed by atoms with E-state index in [0.29, 0.717) is 6.54 Å². The predicted octanol–water partition coefficient (Wildman–Crippen LogP) is 3.09. The number of hydrogen-bond donors (Lipinski definition) is 0. The van der Waals surface area contributed by atoms with Crippen LogP contribution in [0.4, 0.5) is 0 Å². The van der Waals surface area contributed by atoms with Gasteiger partial charge in [-0.1, -0.05) is 26.0 Å². The molecule has 0 aliphatic heterocycles. The summed E-state index contributed by atoms with van der Waals surface area (Å²) in [4.78, 5) is 14.0. The third-order valence-electron chi connectivity index (χ3n) is 3.26. The van der Waals surface area contributed by atoms with Crippen LogP contribution in [0.3, 0.4) is 0 Å². The summed E-state index contributed by atoms with van der Waals surface area (Å²) in [7, 11) is 1.65. The molecule has 1 aromatic carbocycles. The van der Waals surface area contributed by atoms with Gasteiger partial charge < -0.3 is 9.64 Å². The summed E-state index contributed by atoms with van der Waals surface area (Å²) in [5, 5.41) is 0. The highest BCUT2D eigenvalue weighted by Gasteiger charge is 2.17. The van der Waals surface area contributed by atoms with Crippen LogP contribution < -0.4 is 4.74 Å². The first kappa shape index (κ1) is 14.6. The molecule has 0 aliphatic carbocycles. The van der Waals surface area contributed by atoms with Gasteiger partial charge in [-0.25, -0.2) is 0 Å². The minimum absolute atomic E-state index is 0.100. The molecule has 0 radical (unpaired) electrons. The quantitative estimate of drug-likeness (QED) is 0.775. The Morgan fingerprint density at radius 2 is 1.89 bits per heavy atom. The third kappa shape index (κ3) is 3.76. The molecule has 0 saturated heterocycles. The smallest absolute Gasteiger partial charge is 0.225 e. The van der Waals surface area contributed by atoms with Gasteiger partial charge in [-0.15, -0.1) is 0 Å². The number of ether oxygens (including phenoxy) is 1. The molecule has 18 heavy (non-hydrogen) atoms. The summed E-state index contributed by atoms with van der Waals surface area (Å²) in [5.74, 6) is 1.18. The lowest BCUT2D eigenvalue weighted by Crippen LogP contribution is -2.34. The lowest BCUT2D eigenvalue weighted by Gasteiger charge is -2.24. The first-order valence-corrected chi connectivity index (χ1v) is 6.54. The molecular weight excluding hydrogens is 226 g/mol. The molecule has 3 nitrogen and oxygen atoms in total. The van der Waals surface area contributed by atoms with Crippen molar-refractivity contribution in [3.05, 3.63) is 29.8 Å². The molecule has 0 saturated carbocycles. The summed E-state index contributed by atoms with van der Waals surface area (Å²) in [6.07, 6.45) is 0.887. The van der Waals surface area contributed by atoms with Gasteiger partial charge in [-0.3, -0.25) is 4.79 Å². The second-order valence-electron chi connectivity index (χ2n) is 4.51. The van der Waals surface area contributed by atoms with Gasteiger partial charge in [0.1, 0.15) is 5.75 Å². The maximum Gasteiger partial charge on any atom is 0.225 e. The van der Waals surface area contributed by atoms with Crippen molar-refractivity contribution in [2.45, 2.75) is 33.7 Å². The van der Waals surface area contributed by atoms with E-state index in [-0.39, 0.29) is 11.8 Å². The highest BCUT2D eigenvalue weighted by Crippen LogP contribution is 2.15. The number of carbonyl (C=O) groups excluding carboxylic acids is 1. The molecule has 1 amide bonds. The number of hydrogen-bond acceptors (Lipinski definition) is 2. The Labute approximate surface area is 110 Å². The Balaban J connectivity index is 2.70. The summed E-state index contributed by atoms with van der Waals surface area (Å²) in [6, 6.07) is 7.87. The van der Waals surface area contributed by atoms with Crippen molar-refractivity contribution < 1.29 is 9.53 Å². The first-order chi connectivity index (χ1) is 8.62. The average molecular weight is 249 g/mol. The van der Waals surface area contributed by atoms with Crippen molar-refractivity contribution in [1.82, 2.24) is 4.90 Å². The van der Waals surface area contributed by atoms with E-state index in [9.17, 15) is 4.79 Å². The van der Waals surface area contributed by atoms with E-state index < -0.39 is 0 Å². The largest absolute Gasteiger partial charge is 0.497 e. The van der Waals surface area contributed by atoms with Crippen LogP contribution in [0.25, 0.3) is 0 Å². The van der Waals surface area contributed by atoms with E-state index in [0.717, 1.165) is 24.3 Å². The van der Waals surface area contributed by atoms with E-state index in [4.69, 9.17) is 4.74 Å². The van der Waals surface area contributed by atoms with Gasteiger partial charge in [0.25, 0.3) is 0 Å². The molecule has 1 unspecified atom stereocenters. The number of carbonyl (C=O) groups is 1. The number of amides is 1. The number of nitrogens with zero attached hydrogens (tertiary/aromatic N) is 1. The Morgan fingerprint density at radius 3 is 2.33 bits per heavy atom. The first-order valence-electron chi connectivity index (χ1n) is 6.54. The zero-order chi connectivity index (χ0) is 13.5. The van der Waals surface area contributed by atoms with E-state index in [2.05, 4.69) is 0 Å². The Kier molecular flexibility index (Phi) is 5.69. The van der Waals surface area contributed by atoms with Crippen LogP contribution >= 0.6 is 0 Å². The standard InChI is InChI=1S/C15H23NO2/c1-5-12(3)15(17)16(6-2)11-13-7-9-14(18-4)10-8-13/h7-10,12H,5-6,11H2,1-4H3. The molecule has 1 rings (SSSR count). The molecular formula is C15H23NO2.